The Morgan fingerprint density at radius 1 is 1.22 bits per heavy atom. The fraction of sp³-hybridized carbons (Fsp3) is 0.929. The SMILES string of the molecule is CN(CC(N)C(=O)O)C1C2CC3CC(C2)CC1C3. The zero-order valence-corrected chi connectivity index (χ0v) is 11.1. The fourth-order valence-electron chi connectivity index (χ4n) is 5.13. The maximum absolute atomic E-state index is 10.9. The van der Waals surface area contributed by atoms with Crippen LogP contribution in [-0.2, 0) is 4.79 Å². The maximum Gasteiger partial charge on any atom is 0.321 e. The second-order valence-corrected chi connectivity index (χ2v) is 6.81. The molecule has 0 aromatic rings. The van der Waals surface area contributed by atoms with E-state index in [0.717, 1.165) is 23.7 Å². The number of carboxylic acid groups (broad SMARTS) is 1. The van der Waals surface area contributed by atoms with E-state index in [-0.39, 0.29) is 0 Å². The highest BCUT2D eigenvalue weighted by molar-refractivity contribution is 5.73. The van der Waals surface area contributed by atoms with Crippen LogP contribution in [0.15, 0.2) is 0 Å². The van der Waals surface area contributed by atoms with Gasteiger partial charge in [0.25, 0.3) is 0 Å². The average molecular weight is 252 g/mol. The Balaban J connectivity index is 1.67. The Kier molecular flexibility index (Phi) is 3.10. The monoisotopic (exact) mass is 252 g/mol. The molecule has 0 aromatic heterocycles. The van der Waals surface area contributed by atoms with Crippen LogP contribution in [0, 0.1) is 23.7 Å². The molecule has 0 saturated heterocycles. The lowest BCUT2D eigenvalue weighted by Crippen LogP contribution is -2.57. The molecule has 0 spiro atoms. The molecular formula is C14H24N2O2. The highest BCUT2D eigenvalue weighted by Crippen LogP contribution is 2.54. The lowest BCUT2D eigenvalue weighted by atomic mass is 9.54. The minimum Gasteiger partial charge on any atom is -0.480 e. The second kappa shape index (κ2) is 4.49. The number of hydrogen-bond acceptors (Lipinski definition) is 3. The molecule has 0 aromatic carbocycles. The molecule has 4 bridgehead atoms. The number of rotatable bonds is 4. The van der Waals surface area contributed by atoms with Gasteiger partial charge in [-0.3, -0.25) is 4.79 Å². The van der Waals surface area contributed by atoms with Crippen LogP contribution in [0.4, 0.5) is 0 Å². The van der Waals surface area contributed by atoms with Gasteiger partial charge in [0.1, 0.15) is 6.04 Å². The van der Waals surface area contributed by atoms with Crippen LogP contribution < -0.4 is 5.73 Å². The van der Waals surface area contributed by atoms with Crippen molar-refractivity contribution in [2.24, 2.45) is 29.4 Å². The summed E-state index contributed by atoms with van der Waals surface area (Å²) in [5.41, 5.74) is 5.67. The lowest BCUT2D eigenvalue weighted by molar-refractivity contribution is -0.139. The van der Waals surface area contributed by atoms with E-state index in [9.17, 15) is 4.79 Å². The van der Waals surface area contributed by atoms with Crippen LogP contribution in [-0.4, -0.2) is 41.7 Å². The molecule has 4 aliphatic rings. The second-order valence-electron chi connectivity index (χ2n) is 6.81. The van der Waals surface area contributed by atoms with Gasteiger partial charge in [0.2, 0.25) is 0 Å². The summed E-state index contributed by atoms with van der Waals surface area (Å²) in [7, 11) is 2.07. The third-order valence-electron chi connectivity index (χ3n) is 5.49. The Hall–Kier alpha value is -0.610. The van der Waals surface area contributed by atoms with Crippen LogP contribution in [0.2, 0.25) is 0 Å². The standard InChI is InChI=1S/C14H24N2O2/c1-16(7-12(15)14(17)18)13-10-3-8-2-9(5-10)6-11(13)4-8/h8-13H,2-7,15H2,1H3,(H,17,18). The van der Waals surface area contributed by atoms with Crippen LogP contribution >= 0.6 is 0 Å². The predicted molar refractivity (Wildman–Crippen MR) is 69.1 cm³/mol. The van der Waals surface area contributed by atoms with Gasteiger partial charge in [-0.1, -0.05) is 0 Å². The number of hydrogen-bond donors (Lipinski definition) is 2. The van der Waals surface area contributed by atoms with Crippen molar-refractivity contribution in [3.8, 4) is 0 Å². The van der Waals surface area contributed by atoms with Crippen molar-refractivity contribution in [2.75, 3.05) is 13.6 Å². The molecular weight excluding hydrogens is 228 g/mol. The molecule has 4 nitrogen and oxygen atoms in total. The van der Waals surface area contributed by atoms with E-state index in [1.807, 2.05) is 0 Å². The van der Waals surface area contributed by atoms with Crippen LogP contribution in [0.5, 0.6) is 0 Å². The molecule has 4 rings (SSSR count). The summed E-state index contributed by atoms with van der Waals surface area (Å²) in [4.78, 5) is 13.1. The van der Waals surface area contributed by atoms with Crippen LogP contribution in [0.3, 0.4) is 0 Å². The Morgan fingerprint density at radius 3 is 2.17 bits per heavy atom. The van der Waals surface area contributed by atoms with Crippen molar-refractivity contribution >= 4 is 5.97 Å². The van der Waals surface area contributed by atoms with Crippen molar-refractivity contribution < 1.29 is 9.90 Å². The topological polar surface area (TPSA) is 66.6 Å². The molecule has 4 saturated carbocycles. The summed E-state index contributed by atoms with van der Waals surface area (Å²) in [6, 6.07) is -0.157. The first-order valence-electron chi connectivity index (χ1n) is 7.23. The molecule has 1 unspecified atom stereocenters. The molecule has 0 amide bonds. The first kappa shape index (κ1) is 12.4. The molecule has 3 N–H and O–H groups in total. The summed E-state index contributed by atoms with van der Waals surface area (Å²) >= 11 is 0. The van der Waals surface area contributed by atoms with Crippen molar-refractivity contribution in [1.82, 2.24) is 4.90 Å². The van der Waals surface area contributed by atoms with E-state index in [1.54, 1.807) is 0 Å². The molecule has 0 heterocycles. The molecule has 4 heteroatoms. The first-order valence-corrected chi connectivity index (χ1v) is 7.23. The smallest absolute Gasteiger partial charge is 0.321 e. The minimum atomic E-state index is -0.884. The summed E-state index contributed by atoms with van der Waals surface area (Å²) in [5, 5.41) is 8.93. The molecule has 4 fully saturated rings. The number of carbonyl (C=O) groups is 1. The molecule has 102 valence electrons. The van der Waals surface area contributed by atoms with Crippen molar-refractivity contribution in [3.05, 3.63) is 0 Å². The fourth-order valence-corrected chi connectivity index (χ4v) is 5.13. The number of nitrogens with two attached hydrogens (primary N) is 1. The highest BCUT2D eigenvalue weighted by Gasteiger charge is 2.49. The number of nitrogens with zero attached hydrogens (tertiary/aromatic N) is 1. The Bertz CT molecular complexity index is 317. The summed E-state index contributed by atoms with van der Waals surface area (Å²) in [5.74, 6) is 2.64. The summed E-state index contributed by atoms with van der Waals surface area (Å²) in [6.45, 7) is 0.488. The molecule has 0 aliphatic heterocycles. The van der Waals surface area contributed by atoms with Gasteiger partial charge in [0.05, 0.1) is 0 Å². The van der Waals surface area contributed by atoms with E-state index < -0.39 is 12.0 Å². The van der Waals surface area contributed by atoms with Crippen LogP contribution in [0.25, 0.3) is 0 Å². The maximum atomic E-state index is 10.9. The third-order valence-corrected chi connectivity index (χ3v) is 5.49. The first-order chi connectivity index (χ1) is 8.54. The zero-order valence-electron chi connectivity index (χ0n) is 11.1. The highest BCUT2D eigenvalue weighted by atomic mass is 16.4. The van der Waals surface area contributed by atoms with Gasteiger partial charge in [-0.25, -0.2) is 0 Å². The van der Waals surface area contributed by atoms with Crippen molar-refractivity contribution in [1.29, 1.82) is 0 Å². The quantitative estimate of drug-likeness (QED) is 0.788. The minimum absolute atomic E-state index is 0.488. The summed E-state index contributed by atoms with van der Waals surface area (Å²) in [6.07, 6.45) is 6.92. The normalized spacial score (nSPS) is 43.4. The molecule has 4 aliphatic carbocycles. The lowest BCUT2D eigenvalue weighted by Gasteiger charge is -2.56. The van der Waals surface area contributed by atoms with E-state index >= 15 is 0 Å². The molecule has 18 heavy (non-hydrogen) atoms. The largest absolute Gasteiger partial charge is 0.480 e. The van der Waals surface area contributed by atoms with Gasteiger partial charge >= 0.3 is 5.97 Å². The van der Waals surface area contributed by atoms with E-state index in [4.69, 9.17) is 10.8 Å². The molecule has 1 atom stereocenters. The number of aliphatic carboxylic acids is 1. The van der Waals surface area contributed by atoms with Gasteiger partial charge in [-0.15, -0.1) is 0 Å². The van der Waals surface area contributed by atoms with Crippen LogP contribution in [0.1, 0.15) is 32.1 Å². The predicted octanol–water partition coefficient (Wildman–Crippen LogP) is 1.15. The third kappa shape index (κ3) is 2.05. The van der Waals surface area contributed by atoms with Crippen molar-refractivity contribution in [3.63, 3.8) is 0 Å². The summed E-state index contributed by atoms with van der Waals surface area (Å²) < 4.78 is 0. The van der Waals surface area contributed by atoms with Gasteiger partial charge in [-0.05, 0) is 62.8 Å². The Labute approximate surface area is 109 Å². The number of likely N-dealkylation sites (N-methyl/N-ethyl adjacent to an activating group) is 1. The van der Waals surface area contributed by atoms with Gasteiger partial charge < -0.3 is 15.7 Å². The van der Waals surface area contributed by atoms with Gasteiger partial charge in [0, 0.05) is 12.6 Å². The van der Waals surface area contributed by atoms with E-state index in [0.29, 0.717) is 12.6 Å². The molecule has 0 radical (unpaired) electrons. The number of carboxylic acids is 1. The average Bonchev–Trinajstić information content (AvgIpc) is 2.26. The van der Waals surface area contributed by atoms with Gasteiger partial charge in [-0.2, -0.15) is 0 Å². The van der Waals surface area contributed by atoms with Gasteiger partial charge in [0.15, 0.2) is 0 Å². The van der Waals surface area contributed by atoms with E-state index in [1.165, 1.54) is 32.1 Å². The van der Waals surface area contributed by atoms with E-state index in [2.05, 4.69) is 11.9 Å². The Morgan fingerprint density at radius 2 is 1.72 bits per heavy atom. The van der Waals surface area contributed by atoms with Crippen molar-refractivity contribution in [2.45, 2.75) is 44.2 Å². The zero-order chi connectivity index (χ0) is 12.9.